The largest absolute Gasteiger partial charge is 0.373 e. The van der Waals surface area contributed by atoms with E-state index < -0.39 is 23.8 Å². The number of hydrogen-bond donors (Lipinski definition) is 2. The van der Waals surface area contributed by atoms with Crippen molar-refractivity contribution in [3.05, 3.63) is 30.1 Å². The summed E-state index contributed by atoms with van der Waals surface area (Å²) in [5.74, 6) is 0.111. The first-order valence-corrected chi connectivity index (χ1v) is 10.9. The molecule has 5 unspecified atom stereocenters. The Labute approximate surface area is 178 Å². The van der Waals surface area contributed by atoms with Crippen LogP contribution in [0.1, 0.15) is 44.3 Å². The fraction of sp³-hybridized carbons (Fsp3) is 0.500. The molecule has 3 aliphatic heterocycles. The van der Waals surface area contributed by atoms with Gasteiger partial charge in [0.25, 0.3) is 0 Å². The Bertz CT molecular complexity index is 1070. The molecule has 1 saturated carbocycles. The molecule has 2 bridgehead atoms. The van der Waals surface area contributed by atoms with Crippen molar-refractivity contribution in [1.29, 1.82) is 0 Å². The smallest absolute Gasteiger partial charge is 0.247 e. The van der Waals surface area contributed by atoms with Gasteiger partial charge in [0.1, 0.15) is 11.9 Å². The molecule has 3 saturated heterocycles. The third kappa shape index (κ3) is 2.90. The van der Waals surface area contributed by atoms with Crippen LogP contribution in [0.3, 0.4) is 0 Å². The van der Waals surface area contributed by atoms with Crippen LogP contribution in [0.5, 0.6) is 0 Å². The Morgan fingerprint density at radius 3 is 2.55 bits per heavy atom. The van der Waals surface area contributed by atoms with E-state index in [0.29, 0.717) is 17.4 Å². The molecule has 9 nitrogen and oxygen atoms in total. The Balaban J connectivity index is 1.18. The van der Waals surface area contributed by atoms with Gasteiger partial charge in [-0.3, -0.25) is 24.4 Å². The number of H-pyrrole nitrogens is 1. The topological polar surface area (TPSA) is 117 Å². The van der Waals surface area contributed by atoms with Gasteiger partial charge in [0.2, 0.25) is 17.7 Å². The van der Waals surface area contributed by atoms with Crippen molar-refractivity contribution < 1.29 is 19.1 Å². The zero-order valence-corrected chi connectivity index (χ0v) is 17.1. The van der Waals surface area contributed by atoms with E-state index in [1.807, 2.05) is 12.1 Å². The quantitative estimate of drug-likeness (QED) is 0.712. The fourth-order valence-electron chi connectivity index (χ4n) is 5.16. The van der Waals surface area contributed by atoms with Gasteiger partial charge in [0, 0.05) is 17.2 Å². The highest BCUT2D eigenvalue weighted by atomic mass is 16.5. The zero-order valence-electron chi connectivity index (χ0n) is 17.1. The summed E-state index contributed by atoms with van der Waals surface area (Å²) in [6, 6.07) is 6.36. The van der Waals surface area contributed by atoms with Gasteiger partial charge in [-0.05, 0) is 44.7 Å². The number of fused-ring (bicyclic) bond motifs is 5. The summed E-state index contributed by atoms with van der Waals surface area (Å²) in [7, 11) is 0. The van der Waals surface area contributed by atoms with Gasteiger partial charge in [-0.15, -0.1) is 0 Å². The van der Waals surface area contributed by atoms with Crippen LogP contribution in [-0.2, 0) is 19.1 Å². The molecule has 31 heavy (non-hydrogen) atoms. The highest BCUT2D eigenvalue weighted by Crippen LogP contribution is 2.49. The number of hydrogen-bond acceptors (Lipinski definition) is 6. The summed E-state index contributed by atoms with van der Waals surface area (Å²) in [6.07, 6.45) is 3.49. The van der Waals surface area contributed by atoms with E-state index >= 15 is 0 Å². The number of aromatic amines is 1. The van der Waals surface area contributed by atoms with Gasteiger partial charge < -0.3 is 10.1 Å². The molecule has 1 aliphatic carbocycles. The number of carbonyl (C=O) groups excluding carboxylic acids is 3. The van der Waals surface area contributed by atoms with Crippen molar-refractivity contribution in [2.75, 3.05) is 5.32 Å². The predicted octanol–water partition coefficient (Wildman–Crippen LogP) is 1.84. The predicted molar refractivity (Wildman–Crippen MR) is 109 cm³/mol. The number of nitrogens with one attached hydrogen (secondary N) is 2. The van der Waals surface area contributed by atoms with Gasteiger partial charge in [-0.2, -0.15) is 5.10 Å². The molecular formula is C22H23N5O4. The minimum absolute atomic E-state index is 0.190. The van der Waals surface area contributed by atoms with E-state index in [0.717, 1.165) is 42.0 Å². The van der Waals surface area contributed by atoms with E-state index in [2.05, 4.69) is 20.5 Å². The number of rotatable bonds is 5. The molecule has 4 aliphatic rings. The van der Waals surface area contributed by atoms with E-state index in [-0.39, 0.29) is 24.0 Å². The van der Waals surface area contributed by atoms with Crippen molar-refractivity contribution in [3.8, 4) is 11.4 Å². The van der Waals surface area contributed by atoms with Crippen LogP contribution in [0.15, 0.2) is 24.3 Å². The number of aromatic nitrogens is 3. The first-order chi connectivity index (χ1) is 15.0. The number of anilines is 1. The second-order valence-electron chi connectivity index (χ2n) is 8.95. The third-order valence-electron chi connectivity index (χ3n) is 6.94. The molecule has 9 heteroatoms. The number of imide groups is 1. The standard InChI is InChI=1S/C22H23N5O4/c1-10(27-21(29)16-14-7-8-15(31-14)17(16)22(27)30)20(28)23-13-4-2-3-12(9-13)19-24-18(25-26-19)11-5-6-11/h2-4,9-11,14-17H,5-8H2,1H3,(H,23,28)(H,24,25,26). The molecular weight excluding hydrogens is 398 g/mol. The lowest BCUT2D eigenvalue weighted by Crippen LogP contribution is -2.47. The summed E-state index contributed by atoms with van der Waals surface area (Å²) in [5.41, 5.74) is 1.35. The van der Waals surface area contributed by atoms with E-state index in [1.165, 1.54) is 0 Å². The van der Waals surface area contributed by atoms with E-state index in [4.69, 9.17) is 4.74 Å². The van der Waals surface area contributed by atoms with Crippen molar-refractivity contribution >= 4 is 23.4 Å². The number of amides is 3. The maximum Gasteiger partial charge on any atom is 0.247 e. The maximum absolute atomic E-state index is 12.9. The summed E-state index contributed by atoms with van der Waals surface area (Å²) in [6.45, 7) is 1.59. The molecule has 160 valence electrons. The molecule has 0 radical (unpaired) electrons. The first kappa shape index (κ1) is 18.7. The number of likely N-dealkylation sites (tertiary alicyclic amines) is 1. The minimum Gasteiger partial charge on any atom is -0.373 e. The SMILES string of the molecule is CC(C(=O)Nc1cccc(-c2n[nH]c(C3CC3)n2)c1)N1C(=O)C2C3CCC(O3)C2C1=O. The normalized spacial score (nSPS) is 30.0. The van der Waals surface area contributed by atoms with Gasteiger partial charge in [-0.25, -0.2) is 4.98 Å². The Hall–Kier alpha value is -3.07. The second kappa shape index (κ2) is 6.71. The summed E-state index contributed by atoms with van der Waals surface area (Å²) in [5, 5.41) is 10.1. The van der Waals surface area contributed by atoms with Crippen LogP contribution >= 0.6 is 0 Å². The van der Waals surface area contributed by atoms with Crippen molar-refractivity contribution in [3.63, 3.8) is 0 Å². The van der Waals surface area contributed by atoms with Gasteiger partial charge in [-0.1, -0.05) is 12.1 Å². The molecule has 5 atom stereocenters. The fourth-order valence-corrected chi connectivity index (χ4v) is 5.16. The molecule has 3 amide bonds. The Morgan fingerprint density at radius 2 is 1.87 bits per heavy atom. The number of ether oxygens (including phenoxy) is 1. The van der Waals surface area contributed by atoms with Crippen molar-refractivity contribution in [2.24, 2.45) is 11.8 Å². The number of benzene rings is 1. The first-order valence-electron chi connectivity index (χ1n) is 10.9. The van der Waals surface area contributed by atoms with Crippen molar-refractivity contribution in [1.82, 2.24) is 20.1 Å². The van der Waals surface area contributed by atoms with E-state index in [1.54, 1.807) is 19.1 Å². The van der Waals surface area contributed by atoms with Crippen molar-refractivity contribution in [2.45, 2.75) is 56.8 Å². The molecule has 1 aromatic heterocycles. The third-order valence-corrected chi connectivity index (χ3v) is 6.94. The number of nitrogens with zero attached hydrogens (tertiary/aromatic N) is 3. The minimum atomic E-state index is -0.890. The van der Waals surface area contributed by atoms with Gasteiger partial charge >= 0.3 is 0 Å². The lowest BCUT2D eigenvalue weighted by atomic mass is 9.81. The van der Waals surface area contributed by atoms with Crippen LogP contribution in [0, 0.1) is 11.8 Å². The molecule has 1 aromatic carbocycles. The van der Waals surface area contributed by atoms with Gasteiger partial charge in [0.05, 0.1) is 24.0 Å². The lowest BCUT2D eigenvalue weighted by Gasteiger charge is -2.24. The molecule has 2 aromatic rings. The molecule has 4 heterocycles. The van der Waals surface area contributed by atoms with Crippen LogP contribution in [0.2, 0.25) is 0 Å². The molecule has 6 rings (SSSR count). The van der Waals surface area contributed by atoms with Crippen LogP contribution in [-0.4, -0.2) is 56.1 Å². The highest BCUT2D eigenvalue weighted by Gasteiger charge is 2.63. The second-order valence-corrected chi connectivity index (χ2v) is 8.95. The monoisotopic (exact) mass is 421 g/mol. The average molecular weight is 421 g/mol. The molecule has 0 spiro atoms. The maximum atomic E-state index is 12.9. The summed E-state index contributed by atoms with van der Waals surface area (Å²) in [4.78, 5) is 44.4. The highest BCUT2D eigenvalue weighted by molar-refractivity contribution is 6.10. The van der Waals surface area contributed by atoms with Gasteiger partial charge in [0.15, 0.2) is 5.82 Å². The molecule has 2 N–H and O–H groups in total. The van der Waals surface area contributed by atoms with Crippen LogP contribution in [0.25, 0.3) is 11.4 Å². The Morgan fingerprint density at radius 1 is 1.16 bits per heavy atom. The summed E-state index contributed by atoms with van der Waals surface area (Å²) < 4.78 is 5.76. The summed E-state index contributed by atoms with van der Waals surface area (Å²) >= 11 is 0. The van der Waals surface area contributed by atoms with Crippen LogP contribution < -0.4 is 5.32 Å². The number of carbonyl (C=O) groups is 3. The average Bonchev–Trinajstić information content (AvgIpc) is 3.12. The van der Waals surface area contributed by atoms with E-state index in [9.17, 15) is 14.4 Å². The zero-order chi connectivity index (χ0) is 21.3. The molecule has 4 fully saturated rings. The Kier molecular flexibility index (Phi) is 4.05. The lowest BCUT2D eigenvalue weighted by molar-refractivity contribution is -0.148. The van der Waals surface area contributed by atoms with Crippen LogP contribution in [0.4, 0.5) is 5.69 Å².